The van der Waals surface area contributed by atoms with Gasteiger partial charge < -0.3 is 20.3 Å². The van der Waals surface area contributed by atoms with E-state index in [1.54, 1.807) is 42.1 Å². The van der Waals surface area contributed by atoms with Gasteiger partial charge in [0.2, 0.25) is 0 Å². The molecule has 0 unspecified atom stereocenters. The second-order valence-corrected chi connectivity index (χ2v) is 8.98. The summed E-state index contributed by atoms with van der Waals surface area (Å²) in [5.74, 6) is -0.0102. The Labute approximate surface area is 203 Å². The van der Waals surface area contributed by atoms with Crippen LogP contribution >= 0.6 is 0 Å². The van der Waals surface area contributed by atoms with E-state index < -0.39 is 0 Å². The van der Waals surface area contributed by atoms with Gasteiger partial charge in [-0.2, -0.15) is 9.78 Å². The first-order chi connectivity index (χ1) is 16.9. The van der Waals surface area contributed by atoms with Gasteiger partial charge in [-0.1, -0.05) is 29.8 Å². The molecule has 0 spiro atoms. The molecule has 5 rings (SSSR count). The number of rotatable bonds is 6. The second kappa shape index (κ2) is 9.13. The highest BCUT2D eigenvalue weighted by atomic mass is 16.3. The number of hydrogen-bond donors (Lipinski definition) is 3. The summed E-state index contributed by atoms with van der Waals surface area (Å²) in [4.78, 5) is 25.5. The van der Waals surface area contributed by atoms with Gasteiger partial charge >= 0.3 is 6.03 Å². The number of phenolic OH excluding ortho intramolecular Hbond substituents is 1. The fourth-order valence-electron chi connectivity index (χ4n) is 4.15. The van der Waals surface area contributed by atoms with Crippen molar-refractivity contribution in [2.75, 3.05) is 5.32 Å². The molecule has 8 nitrogen and oxygen atoms in total. The monoisotopic (exact) mass is 469 g/mol. The summed E-state index contributed by atoms with van der Waals surface area (Å²) in [6.45, 7) is 2.42. The first-order valence-electron chi connectivity index (χ1n) is 11.6. The Balaban J connectivity index is 1.35. The zero-order chi connectivity index (χ0) is 24.5. The van der Waals surface area contributed by atoms with Crippen LogP contribution in [0.2, 0.25) is 0 Å². The fourth-order valence-corrected chi connectivity index (χ4v) is 4.15. The number of aromatic nitrogens is 3. The number of phenols is 1. The van der Waals surface area contributed by atoms with Crippen LogP contribution in [0.3, 0.4) is 0 Å². The van der Waals surface area contributed by atoms with Crippen molar-refractivity contribution in [3.8, 4) is 17.0 Å². The molecule has 1 aliphatic carbocycles. The molecule has 0 radical (unpaired) electrons. The number of anilines is 1. The minimum atomic E-state index is -0.300. The topological polar surface area (TPSA) is 101 Å². The van der Waals surface area contributed by atoms with Crippen LogP contribution in [0.5, 0.6) is 5.75 Å². The van der Waals surface area contributed by atoms with Gasteiger partial charge in [-0.05, 0) is 55.7 Å². The Bertz CT molecular complexity index is 1410. The van der Waals surface area contributed by atoms with Crippen molar-refractivity contribution < 1.29 is 14.7 Å². The van der Waals surface area contributed by atoms with Crippen LogP contribution in [0.4, 0.5) is 10.5 Å². The summed E-state index contributed by atoms with van der Waals surface area (Å²) in [7, 11) is 1.79. The maximum Gasteiger partial charge on any atom is 0.342 e. The van der Waals surface area contributed by atoms with E-state index in [2.05, 4.69) is 15.7 Å². The van der Waals surface area contributed by atoms with Crippen molar-refractivity contribution in [2.24, 2.45) is 7.05 Å². The van der Waals surface area contributed by atoms with E-state index in [1.807, 2.05) is 37.3 Å². The Morgan fingerprint density at radius 2 is 1.91 bits per heavy atom. The van der Waals surface area contributed by atoms with Crippen LogP contribution in [-0.2, 0) is 13.6 Å². The molecule has 0 aliphatic heterocycles. The van der Waals surface area contributed by atoms with Crippen molar-refractivity contribution in [2.45, 2.75) is 32.2 Å². The highest BCUT2D eigenvalue weighted by Gasteiger charge is 2.30. The third-order valence-corrected chi connectivity index (χ3v) is 6.16. The molecule has 2 heterocycles. The van der Waals surface area contributed by atoms with Crippen LogP contribution in [0.15, 0.2) is 66.9 Å². The van der Waals surface area contributed by atoms with E-state index in [0.29, 0.717) is 29.2 Å². The largest absolute Gasteiger partial charge is 0.507 e. The number of amides is 2. The third kappa shape index (κ3) is 4.82. The Hall–Kier alpha value is -4.33. The van der Waals surface area contributed by atoms with Crippen molar-refractivity contribution in [1.29, 1.82) is 0 Å². The lowest BCUT2D eigenvalue weighted by Crippen LogP contribution is -2.30. The molecule has 4 aromatic rings. The summed E-state index contributed by atoms with van der Waals surface area (Å²) < 4.78 is 3.13. The molecule has 0 saturated heterocycles. The number of benzene rings is 2. The van der Waals surface area contributed by atoms with E-state index in [-0.39, 0.29) is 23.6 Å². The normalized spacial score (nSPS) is 13.0. The number of aromatic hydroxyl groups is 1. The van der Waals surface area contributed by atoms with E-state index in [0.717, 1.165) is 29.7 Å². The van der Waals surface area contributed by atoms with Gasteiger partial charge in [0, 0.05) is 43.0 Å². The smallest absolute Gasteiger partial charge is 0.342 e. The molecule has 178 valence electrons. The quantitative estimate of drug-likeness (QED) is 0.378. The Morgan fingerprint density at radius 3 is 2.60 bits per heavy atom. The minimum absolute atomic E-state index is 0.0261. The molecule has 1 fully saturated rings. The Kier molecular flexibility index (Phi) is 5.86. The SMILES string of the molecule is Cc1cccc(CNC(=O)n2nc(-c3ccc(NC(=O)c4cccn4C)cc3O)cc2C2CC2)c1. The first-order valence-corrected chi connectivity index (χ1v) is 11.6. The van der Waals surface area contributed by atoms with Gasteiger partial charge in [0.05, 0.1) is 11.4 Å². The van der Waals surface area contributed by atoms with E-state index >= 15 is 0 Å². The van der Waals surface area contributed by atoms with E-state index in [4.69, 9.17) is 0 Å². The van der Waals surface area contributed by atoms with Crippen molar-refractivity contribution >= 4 is 17.6 Å². The predicted octanol–water partition coefficient (Wildman–Crippen LogP) is 4.79. The lowest BCUT2D eigenvalue weighted by Gasteiger charge is -2.09. The van der Waals surface area contributed by atoms with Gasteiger partial charge in [0.1, 0.15) is 11.4 Å². The second-order valence-electron chi connectivity index (χ2n) is 8.98. The van der Waals surface area contributed by atoms with Crippen LogP contribution < -0.4 is 10.6 Å². The molecule has 1 aliphatic rings. The molecule has 1 saturated carbocycles. The van der Waals surface area contributed by atoms with Gasteiger partial charge in [-0.25, -0.2) is 4.79 Å². The zero-order valence-electron chi connectivity index (χ0n) is 19.7. The highest BCUT2D eigenvalue weighted by Crippen LogP contribution is 2.42. The maximum atomic E-state index is 13.0. The van der Waals surface area contributed by atoms with Crippen molar-refractivity contribution in [3.05, 3.63) is 89.4 Å². The van der Waals surface area contributed by atoms with Crippen LogP contribution in [0.25, 0.3) is 11.3 Å². The number of nitrogens with zero attached hydrogens (tertiary/aromatic N) is 3. The summed E-state index contributed by atoms with van der Waals surface area (Å²) in [6.07, 6.45) is 3.80. The highest BCUT2D eigenvalue weighted by molar-refractivity contribution is 6.03. The summed E-state index contributed by atoms with van der Waals surface area (Å²) in [5, 5.41) is 21.0. The van der Waals surface area contributed by atoms with Gasteiger partial charge in [0.25, 0.3) is 5.91 Å². The summed E-state index contributed by atoms with van der Waals surface area (Å²) in [6, 6.07) is 18.0. The average molecular weight is 470 g/mol. The molecule has 8 heteroatoms. The van der Waals surface area contributed by atoms with Crippen molar-refractivity contribution in [3.63, 3.8) is 0 Å². The molecule has 2 aromatic carbocycles. The summed E-state index contributed by atoms with van der Waals surface area (Å²) >= 11 is 0. The fraction of sp³-hybridized carbons (Fsp3) is 0.222. The third-order valence-electron chi connectivity index (χ3n) is 6.16. The molecule has 2 aromatic heterocycles. The predicted molar refractivity (Wildman–Crippen MR) is 133 cm³/mol. The summed E-state index contributed by atoms with van der Waals surface area (Å²) in [5.41, 5.74) is 4.97. The molecule has 2 amide bonds. The van der Waals surface area contributed by atoms with Crippen LogP contribution in [0, 0.1) is 6.92 Å². The molecule has 35 heavy (non-hydrogen) atoms. The van der Waals surface area contributed by atoms with Crippen molar-refractivity contribution in [1.82, 2.24) is 19.7 Å². The molecular formula is C27H27N5O3. The van der Waals surface area contributed by atoms with Gasteiger partial charge in [-0.15, -0.1) is 0 Å². The molecule has 0 atom stereocenters. The lowest BCUT2D eigenvalue weighted by atomic mass is 10.1. The molecule has 0 bridgehead atoms. The zero-order valence-corrected chi connectivity index (χ0v) is 19.7. The number of carbonyl (C=O) groups is 2. The van der Waals surface area contributed by atoms with Gasteiger partial charge in [0.15, 0.2) is 0 Å². The molecular weight excluding hydrogens is 442 g/mol. The standard InChI is InChI=1S/C27H27N5O3/c1-17-5-3-6-18(13-17)16-28-27(35)32-24(19-8-9-19)15-22(30-32)21-11-10-20(14-25(21)33)29-26(34)23-7-4-12-31(23)2/h3-7,10-15,19,33H,8-9,16H2,1-2H3,(H,28,35)(H,29,34). The average Bonchev–Trinajstić information content (AvgIpc) is 3.43. The first kappa shape index (κ1) is 22.5. The van der Waals surface area contributed by atoms with Gasteiger partial charge in [-0.3, -0.25) is 4.79 Å². The number of carbonyl (C=O) groups excluding carboxylic acids is 2. The van der Waals surface area contributed by atoms with E-state index in [1.165, 1.54) is 10.7 Å². The number of hydrogen-bond acceptors (Lipinski definition) is 4. The maximum absolute atomic E-state index is 13.0. The Morgan fingerprint density at radius 1 is 1.09 bits per heavy atom. The van der Waals surface area contributed by atoms with E-state index in [9.17, 15) is 14.7 Å². The number of nitrogens with one attached hydrogen (secondary N) is 2. The lowest BCUT2D eigenvalue weighted by molar-refractivity contribution is 0.101. The van der Waals surface area contributed by atoms with Crippen LogP contribution in [-0.4, -0.2) is 31.4 Å². The minimum Gasteiger partial charge on any atom is -0.507 e. The number of aryl methyl sites for hydroxylation is 2. The molecule has 3 N–H and O–H groups in total. The van der Waals surface area contributed by atoms with Crippen LogP contribution in [0.1, 0.15) is 46.1 Å².